The molecule has 0 bridgehead atoms. The lowest BCUT2D eigenvalue weighted by atomic mass is 10.0. The SMILES string of the molecule is CCNC(=O)Oc1cccc2c1OC(C)(C)C2.CCNC(=O)Oc1cccc2c1OC(C)(C)C2. The average Bonchev–Trinajstić information content (AvgIpc) is 3.23. The highest BCUT2D eigenvalue weighted by Gasteiger charge is 2.33. The standard InChI is InChI=1S/2C13H17NO3/c2*1-4-14-12(15)16-10-7-5-6-9-8-13(2,3)17-11(9)10/h2*5-7H,4,8H2,1-3H3,(H,14,15). The van der Waals surface area contributed by atoms with Gasteiger partial charge >= 0.3 is 12.2 Å². The molecule has 2 aliphatic heterocycles. The number of hydrogen-bond acceptors (Lipinski definition) is 6. The molecule has 0 saturated carbocycles. The minimum Gasteiger partial charge on any atom is -0.483 e. The maximum atomic E-state index is 11.4. The Labute approximate surface area is 200 Å². The molecule has 8 heteroatoms. The van der Waals surface area contributed by atoms with Gasteiger partial charge in [-0.3, -0.25) is 0 Å². The topological polar surface area (TPSA) is 95.1 Å². The molecule has 2 N–H and O–H groups in total. The van der Waals surface area contributed by atoms with Crippen LogP contribution in [0.1, 0.15) is 52.7 Å². The Morgan fingerprint density at radius 3 is 1.50 bits per heavy atom. The third-order valence-electron chi connectivity index (χ3n) is 5.16. The van der Waals surface area contributed by atoms with Gasteiger partial charge in [0.2, 0.25) is 0 Å². The summed E-state index contributed by atoms with van der Waals surface area (Å²) in [4.78, 5) is 22.8. The van der Waals surface area contributed by atoms with Crippen LogP contribution in [0.3, 0.4) is 0 Å². The number of rotatable bonds is 4. The molecule has 0 aromatic heterocycles. The lowest BCUT2D eigenvalue weighted by molar-refractivity contribution is 0.132. The predicted molar refractivity (Wildman–Crippen MR) is 129 cm³/mol. The predicted octanol–water partition coefficient (Wildman–Crippen LogP) is 5.02. The molecule has 0 radical (unpaired) electrons. The highest BCUT2D eigenvalue weighted by Crippen LogP contribution is 2.42. The normalized spacial score (nSPS) is 15.9. The van der Waals surface area contributed by atoms with Gasteiger partial charge in [-0.15, -0.1) is 0 Å². The minimum absolute atomic E-state index is 0.233. The Balaban J connectivity index is 0.000000191. The first-order valence-corrected chi connectivity index (χ1v) is 11.6. The number of nitrogens with one attached hydrogen (secondary N) is 2. The summed E-state index contributed by atoms with van der Waals surface area (Å²) >= 11 is 0. The van der Waals surface area contributed by atoms with Crippen molar-refractivity contribution in [1.29, 1.82) is 0 Å². The van der Waals surface area contributed by atoms with Crippen molar-refractivity contribution in [2.24, 2.45) is 0 Å². The molecule has 2 aromatic carbocycles. The molecule has 0 aliphatic carbocycles. The van der Waals surface area contributed by atoms with Gasteiger partial charge in [0, 0.05) is 37.1 Å². The van der Waals surface area contributed by atoms with Gasteiger partial charge in [0.15, 0.2) is 23.0 Å². The van der Waals surface area contributed by atoms with Gasteiger partial charge in [-0.1, -0.05) is 24.3 Å². The maximum Gasteiger partial charge on any atom is 0.412 e. The van der Waals surface area contributed by atoms with Crippen LogP contribution in [0.5, 0.6) is 23.0 Å². The summed E-state index contributed by atoms with van der Waals surface area (Å²) in [6, 6.07) is 11.2. The van der Waals surface area contributed by atoms with Gasteiger partial charge < -0.3 is 29.6 Å². The third kappa shape index (κ3) is 6.34. The van der Waals surface area contributed by atoms with Gasteiger partial charge in [0.05, 0.1) is 0 Å². The van der Waals surface area contributed by atoms with E-state index in [-0.39, 0.29) is 11.2 Å². The van der Waals surface area contributed by atoms with Gasteiger partial charge in [-0.05, 0) is 53.7 Å². The molecular weight excluding hydrogens is 436 g/mol. The monoisotopic (exact) mass is 470 g/mol. The van der Waals surface area contributed by atoms with Gasteiger partial charge in [0.25, 0.3) is 0 Å². The average molecular weight is 471 g/mol. The Morgan fingerprint density at radius 2 is 1.15 bits per heavy atom. The summed E-state index contributed by atoms with van der Waals surface area (Å²) in [5, 5.41) is 5.18. The van der Waals surface area contributed by atoms with Crippen molar-refractivity contribution in [3.63, 3.8) is 0 Å². The van der Waals surface area contributed by atoms with Crippen molar-refractivity contribution in [1.82, 2.24) is 10.6 Å². The molecule has 0 spiro atoms. The van der Waals surface area contributed by atoms with Crippen molar-refractivity contribution in [2.45, 2.75) is 65.6 Å². The number of hydrogen-bond donors (Lipinski definition) is 2. The molecule has 2 aromatic rings. The van der Waals surface area contributed by atoms with Crippen LogP contribution in [0.4, 0.5) is 9.59 Å². The minimum atomic E-state index is -0.450. The Hall–Kier alpha value is -3.42. The second-order valence-corrected chi connectivity index (χ2v) is 9.41. The first kappa shape index (κ1) is 25.2. The lowest BCUT2D eigenvalue weighted by Crippen LogP contribution is -2.27. The Bertz CT molecular complexity index is 964. The fraction of sp³-hybridized carbons (Fsp3) is 0.462. The molecule has 0 atom stereocenters. The van der Waals surface area contributed by atoms with Crippen LogP contribution in [0.25, 0.3) is 0 Å². The van der Waals surface area contributed by atoms with Crippen LogP contribution in [0.2, 0.25) is 0 Å². The van der Waals surface area contributed by atoms with E-state index in [0.29, 0.717) is 36.1 Å². The summed E-state index contributed by atoms with van der Waals surface area (Å²) in [6.07, 6.45) is 0.757. The maximum absolute atomic E-state index is 11.4. The van der Waals surface area contributed by atoms with E-state index in [1.807, 2.05) is 65.8 Å². The molecule has 2 aliphatic rings. The zero-order valence-corrected chi connectivity index (χ0v) is 20.7. The smallest absolute Gasteiger partial charge is 0.412 e. The fourth-order valence-corrected chi connectivity index (χ4v) is 3.90. The van der Waals surface area contributed by atoms with E-state index < -0.39 is 12.2 Å². The molecule has 184 valence electrons. The third-order valence-corrected chi connectivity index (χ3v) is 5.16. The molecule has 0 saturated heterocycles. The first-order valence-electron chi connectivity index (χ1n) is 11.6. The molecular formula is C26H34N2O6. The molecule has 2 amide bonds. The summed E-state index contributed by atoms with van der Waals surface area (Å²) in [6.45, 7) is 12.8. The summed E-state index contributed by atoms with van der Waals surface area (Å²) in [5.74, 6) is 2.34. The van der Waals surface area contributed by atoms with Crippen LogP contribution in [0.15, 0.2) is 36.4 Å². The van der Waals surface area contributed by atoms with E-state index in [2.05, 4.69) is 10.6 Å². The second kappa shape index (κ2) is 10.2. The van der Waals surface area contributed by atoms with E-state index in [0.717, 1.165) is 24.0 Å². The van der Waals surface area contributed by atoms with Gasteiger partial charge in [-0.2, -0.15) is 0 Å². The number of amides is 2. The first-order chi connectivity index (χ1) is 16.0. The van der Waals surface area contributed by atoms with E-state index in [1.165, 1.54) is 0 Å². The number of benzene rings is 2. The number of para-hydroxylation sites is 2. The molecule has 34 heavy (non-hydrogen) atoms. The molecule has 8 nitrogen and oxygen atoms in total. The van der Waals surface area contributed by atoms with E-state index in [9.17, 15) is 9.59 Å². The van der Waals surface area contributed by atoms with Gasteiger partial charge in [-0.25, -0.2) is 9.59 Å². The van der Waals surface area contributed by atoms with E-state index >= 15 is 0 Å². The Morgan fingerprint density at radius 1 is 0.765 bits per heavy atom. The zero-order chi connectivity index (χ0) is 24.9. The largest absolute Gasteiger partial charge is 0.483 e. The number of carbonyl (C=O) groups is 2. The lowest BCUT2D eigenvalue weighted by Gasteiger charge is -2.17. The highest BCUT2D eigenvalue weighted by atomic mass is 16.6. The zero-order valence-electron chi connectivity index (χ0n) is 20.7. The quantitative estimate of drug-likeness (QED) is 0.652. The Kier molecular flexibility index (Phi) is 7.59. The van der Waals surface area contributed by atoms with Crippen LogP contribution >= 0.6 is 0 Å². The van der Waals surface area contributed by atoms with Crippen molar-refractivity contribution >= 4 is 12.2 Å². The molecule has 0 unspecified atom stereocenters. The van der Waals surface area contributed by atoms with Crippen molar-refractivity contribution < 1.29 is 28.5 Å². The number of fused-ring (bicyclic) bond motifs is 2. The van der Waals surface area contributed by atoms with E-state index in [4.69, 9.17) is 18.9 Å². The molecule has 0 fully saturated rings. The van der Waals surface area contributed by atoms with Crippen LogP contribution in [-0.2, 0) is 12.8 Å². The van der Waals surface area contributed by atoms with Crippen LogP contribution in [0, 0.1) is 0 Å². The highest BCUT2D eigenvalue weighted by molar-refractivity contribution is 5.72. The number of carbonyl (C=O) groups excluding carboxylic acids is 2. The van der Waals surface area contributed by atoms with Crippen LogP contribution < -0.4 is 29.6 Å². The molecule has 2 heterocycles. The van der Waals surface area contributed by atoms with Crippen molar-refractivity contribution in [3.8, 4) is 23.0 Å². The van der Waals surface area contributed by atoms with Gasteiger partial charge in [0.1, 0.15) is 11.2 Å². The van der Waals surface area contributed by atoms with E-state index in [1.54, 1.807) is 12.1 Å². The van der Waals surface area contributed by atoms with Crippen molar-refractivity contribution in [2.75, 3.05) is 13.1 Å². The van der Waals surface area contributed by atoms with Crippen LogP contribution in [-0.4, -0.2) is 36.5 Å². The van der Waals surface area contributed by atoms with Crippen molar-refractivity contribution in [3.05, 3.63) is 47.5 Å². The second-order valence-electron chi connectivity index (χ2n) is 9.41. The molecule has 4 rings (SSSR count). The summed E-state index contributed by atoms with van der Waals surface area (Å²) in [5.41, 5.74) is 1.69. The number of ether oxygens (including phenoxy) is 4. The summed E-state index contributed by atoms with van der Waals surface area (Å²) < 4.78 is 22.0. The fourth-order valence-electron chi connectivity index (χ4n) is 3.90. The summed E-state index contributed by atoms with van der Waals surface area (Å²) in [7, 11) is 0.